The smallest absolute Gasteiger partial charge is 0.252 e. The van der Waals surface area contributed by atoms with Gasteiger partial charge in [0.15, 0.2) is 0 Å². The van der Waals surface area contributed by atoms with Crippen LogP contribution in [0.15, 0.2) is 188 Å². The molecule has 5 heteroatoms. The number of anilines is 7. The molecule has 4 heterocycles. The van der Waals surface area contributed by atoms with Crippen molar-refractivity contribution in [3.8, 4) is 16.8 Å². The number of fused-ring (bicyclic) bond motifs is 7. The summed E-state index contributed by atoms with van der Waals surface area (Å²) in [6, 6.07) is 69.2. The summed E-state index contributed by atoms with van der Waals surface area (Å²) in [4.78, 5) is 7.77. The number of aromatic nitrogens is 1. The van der Waals surface area contributed by atoms with E-state index in [1.54, 1.807) is 0 Å². The first-order valence-corrected chi connectivity index (χ1v) is 19.6. The Hall–Kier alpha value is -6.98. The average Bonchev–Trinajstić information content (AvgIpc) is 3.72. The second-order valence-corrected chi connectivity index (χ2v) is 15.7. The number of nitrogens with zero attached hydrogens (tertiary/aromatic N) is 4. The predicted molar refractivity (Wildman–Crippen MR) is 237 cm³/mol. The molecule has 3 aliphatic heterocycles. The van der Waals surface area contributed by atoms with Crippen molar-refractivity contribution in [1.82, 2.24) is 4.57 Å². The Morgan fingerprint density at radius 2 is 1.04 bits per heavy atom. The van der Waals surface area contributed by atoms with Gasteiger partial charge < -0.3 is 19.3 Å². The van der Waals surface area contributed by atoms with E-state index in [4.69, 9.17) is 0 Å². The lowest BCUT2D eigenvalue weighted by atomic mass is 9.33. The van der Waals surface area contributed by atoms with Crippen LogP contribution in [-0.4, -0.2) is 16.9 Å². The summed E-state index contributed by atoms with van der Waals surface area (Å²) in [6.45, 7) is 4.80. The van der Waals surface area contributed by atoms with E-state index in [0.717, 1.165) is 5.69 Å². The fourth-order valence-electron chi connectivity index (χ4n) is 10.3. The Kier molecular flexibility index (Phi) is 6.45. The zero-order chi connectivity index (χ0) is 37.1. The van der Waals surface area contributed by atoms with Crippen molar-refractivity contribution >= 4 is 84.7 Å². The van der Waals surface area contributed by atoms with Crippen LogP contribution in [0.25, 0.3) is 38.6 Å². The second kappa shape index (κ2) is 11.5. The molecular weight excluding hydrogens is 679 g/mol. The highest BCUT2D eigenvalue weighted by Gasteiger charge is 2.53. The van der Waals surface area contributed by atoms with Crippen LogP contribution in [0.4, 0.5) is 39.8 Å². The van der Waals surface area contributed by atoms with Crippen LogP contribution >= 0.6 is 0 Å². The van der Waals surface area contributed by atoms with Gasteiger partial charge in [0.1, 0.15) is 5.66 Å². The minimum absolute atomic E-state index is 0.0405. The van der Waals surface area contributed by atoms with E-state index < -0.39 is 5.66 Å². The van der Waals surface area contributed by atoms with Gasteiger partial charge in [-0.2, -0.15) is 0 Å². The summed E-state index contributed by atoms with van der Waals surface area (Å²) >= 11 is 0. The fraction of sp³-hybridized carbons (Fsp3) is 0.0588. The highest BCUT2D eigenvalue weighted by molar-refractivity contribution is 7.00. The number of hydrogen-bond donors (Lipinski definition) is 0. The first-order chi connectivity index (χ1) is 27.6. The maximum absolute atomic E-state index is 2.66. The van der Waals surface area contributed by atoms with Gasteiger partial charge in [0.05, 0.1) is 28.1 Å². The van der Waals surface area contributed by atoms with Crippen molar-refractivity contribution < 1.29 is 0 Å². The third kappa shape index (κ3) is 4.09. The quantitative estimate of drug-likeness (QED) is 0.169. The van der Waals surface area contributed by atoms with Gasteiger partial charge in [-0.3, -0.25) is 0 Å². The van der Waals surface area contributed by atoms with E-state index in [0.29, 0.717) is 0 Å². The summed E-state index contributed by atoms with van der Waals surface area (Å²) in [5.41, 5.74) is 18.2. The molecule has 0 spiro atoms. The molecule has 8 aromatic carbocycles. The molecule has 0 unspecified atom stereocenters. The van der Waals surface area contributed by atoms with Gasteiger partial charge in [0.25, 0.3) is 6.71 Å². The minimum atomic E-state index is -0.422. The first kappa shape index (κ1) is 31.4. The lowest BCUT2D eigenvalue weighted by Crippen LogP contribution is -2.63. The monoisotopic (exact) mass is 716 g/mol. The van der Waals surface area contributed by atoms with E-state index in [9.17, 15) is 0 Å². The molecule has 0 saturated heterocycles. The molecule has 1 aromatic heterocycles. The zero-order valence-corrected chi connectivity index (χ0v) is 31.3. The Morgan fingerprint density at radius 3 is 1.84 bits per heavy atom. The van der Waals surface area contributed by atoms with Crippen LogP contribution in [0.2, 0.25) is 0 Å². The third-order valence-corrected chi connectivity index (χ3v) is 12.4. The molecule has 264 valence electrons. The molecule has 0 aliphatic carbocycles. The molecule has 0 saturated carbocycles. The number of hydrogen-bond acceptors (Lipinski definition) is 3. The van der Waals surface area contributed by atoms with Gasteiger partial charge >= 0.3 is 0 Å². The number of para-hydroxylation sites is 5. The lowest BCUT2D eigenvalue weighted by Gasteiger charge is -2.48. The summed E-state index contributed by atoms with van der Waals surface area (Å²) in [5.74, 6) is 0. The Balaban J connectivity index is 1.20. The Labute approximate surface area is 327 Å². The van der Waals surface area contributed by atoms with E-state index in [1.165, 1.54) is 89.1 Å². The van der Waals surface area contributed by atoms with Crippen LogP contribution < -0.4 is 31.1 Å². The van der Waals surface area contributed by atoms with Crippen molar-refractivity contribution in [3.63, 3.8) is 0 Å². The van der Waals surface area contributed by atoms with Gasteiger partial charge in [-0.05, 0) is 96.5 Å². The summed E-state index contributed by atoms with van der Waals surface area (Å²) < 4.78 is 2.42. The number of rotatable bonds is 4. The van der Waals surface area contributed by atoms with Crippen molar-refractivity contribution in [2.45, 2.75) is 19.5 Å². The second-order valence-electron chi connectivity index (χ2n) is 15.7. The molecule has 0 radical (unpaired) electrons. The SMILES string of the molecule is CC1(C)N(c2ccccc2)c2cccc3c2N1c1c(-c2ccccc2)ccc2c1B3c1ccccc1N2c1cccc2c1c1ccccc1n2-c1ccccc1. The van der Waals surface area contributed by atoms with Gasteiger partial charge in [-0.25, -0.2) is 0 Å². The van der Waals surface area contributed by atoms with E-state index in [1.807, 2.05) is 0 Å². The van der Waals surface area contributed by atoms with Gasteiger partial charge in [-0.1, -0.05) is 127 Å². The fourth-order valence-corrected chi connectivity index (χ4v) is 10.3. The molecular formula is C51H37BN4. The van der Waals surface area contributed by atoms with Gasteiger partial charge in [0, 0.05) is 44.8 Å². The maximum Gasteiger partial charge on any atom is 0.252 e. The predicted octanol–water partition coefficient (Wildman–Crippen LogP) is 11.1. The maximum atomic E-state index is 2.66. The molecule has 12 rings (SSSR count). The van der Waals surface area contributed by atoms with Crippen LogP contribution in [0.3, 0.4) is 0 Å². The topological polar surface area (TPSA) is 14.7 Å². The Morgan fingerprint density at radius 1 is 0.429 bits per heavy atom. The highest BCUT2D eigenvalue weighted by Crippen LogP contribution is 2.56. The summed E-state index contributed by atoms with van der Waals surface area (Å²) in [5, 5.41) is 2.49. The number of benzene rings is 8. The molecule has 0 atom stereocenters. The summed E-state index contributed by atoms with van der Waals surface area (Å²) in [6.07, 6.45) is 0. The summed E-state index contributed by atoms with van der Waals surface area (Å²) in [7, 11) is 0. The van der Waals surface area contributed by atoms with Gasteiger partial charge in [-0.15, -0.1) is 0 Å². The van der Waals surface area contributed by atoms with Gasteiger partial charge in [0.2, 0.25) is 0 Å². The first-order valence-electron chi connectivity index (χ1n) is 19.6. The molecule has 3 aliphatic rings. The van der Waals surface area contributed by atoms with E-state index in [-0.39, 0.29) is 6.71 Å². The standard InChI is InChI=1S/C51H37BN4/c1-51(2)55(36-22-10-5-11-23-36)46-31-16-26-40-50(46)56(51)49-37(34-18-6-3-7-19-34)32-33-45-48(49)52(40)39-25-13-15-28-42(39)54(45)44-30-17-29-43-47(44)38-24-12-14-27-41(38)53(43)35-20-8-4-9-21-35/h3-33H,1-2H3. The zero-order valence-electron chi connectivity index (χ0n) is 31.3. The third-order valence-electron chi connectivity index (χ3n) is 12.4. The van der Waals surface area contributed by atoms with Crippen LogP contribution in [0, 0.1) is 0 Å². The molecule has 0 fully saturated rings. The lowest BCUT2D eigenvalue weighted by molar-refractivity contribution is 0.541. The van der Waals surface area contributed by atoms with Crippen LogP contribution in [0.5, 0.6) is 0 Å². The normalized spacial score (nSPS) is 14.6. The molecule has 0 bridgehead atoms. The molecule has 4 nitrogen and oxygen atoms in total. The molecule has 9 aromatic rings. The highest BCUT2D eigenvalue weighted by atomic mass is 15.5. The molecule has 56 heavy (non-hydrogen) atoms. The van der Waals surface area contributed by atoms with E-state index >= 15 is 0 Å². The van der Waals surface area contributed by atoms with Crippen molar-refractivity contribution in [2.75, 3.05) is 14.7 Å². The minimum Gasteiger partial charge on any atom is -0.316 e. The van der Waals surface area contributed by atoms with E-state index in [2.05, 4.69) is 221 Å². The average molecular weight is 717 g/mol. The van der Waals surface area contributed by atoms with Crippen molar-refractivity contribution in [2.24, 2.45) is 0 Å². The van der Waals surface area contributed by atoms with Crippen molar-refractivity contribution in [1.29, 1.82) is 0 Å². The van der Waals surface area contributed by atoms with Crippen LogP contribution in [-0.2, 0) is 0 Å². The van der Waals surface area contributed by atoms with Crippen LogP contribution in [0.1, 0.15) is 13.8 Å². The molecule has 0 N–H and O–H groups in total. The molecule has 0 amide bonds. The van der Waals surface area contributed by atoms with Crippen molar-refractivity contribution in [3.05, 3.63) is 188 Å². The Bertz CT molecular complexity index is 3030. The largest absolute Gasteiger partial charge is 0.316 e.